The molecule has 1 N–H and O–H groups in total. The van der Waals surface area contributed by atoms with Gasteiger partial charge in [-0.05, 0) is 50.2 Å². The highest BCUT2D eigenvalue weighted by Crippen LogP contribution is 2.24. The third-order valence-corrected chi connectivity index (χ3v) is 3.96. The lowest BCUT2D eigenvalue weighted by atomic mass is 9.94. The fourth-order valence-corrected chi connectivity index (χ4v) is 2.93. The molecule has 1 unspecified atom stereocenters. The minimum absolute atomic E-state index is 0.0248. The number of hydrogen-bond acceptors (Lipinski definition) is 2. The fourth-order valence-electron chi connectivity index (χ4n) is 2.93. The van der Waals surface area contributed by atoms with E-state index in [1.54, 1.807) is 0 Å². The molecular weight excluding hydrogens is 246 g/mol. The lowest BCUT2D eigenvalue weighted by molar-refractivity contribution is -0.0630. The first-order chi connectivity index (χ1) is 9.44. The summed E-state index contributed by atoms with van der Waals surface area (Å²) in [7, 11) is 0. The van der Waals surface area contributed by atoms with E-state index in [9.17, 15) is 0 Å². The second-order valence-electron chi connectivity index (χ2n) is 7.09. The monoisotopic (exact) mass is 275 g/mol. The number of benzene rings is 1. The van der Waals surface area contributed by atoms with Gasteiger partial charge in [0.15, 0.2) is 0 Å². The van der Waals surface area contributed by atoms with Gasteiger partial charge in [0.05, 0.1) is 5.60 Å². The molecule has 1 saturated heterocycles. The Balaban J connectivity index is 1.82. The summed E-state index contributed by atoms with van der Waals surface area (Å²) >= 11 is 0. The van der Waals surface area contributed by atoms with Gasteiger partial charge in [-0.1, -0.05) is 38.1 Å². The summed E-state index contributed by atoms with van der Waals surface area (Å²) in [6, 6.07) is 9.63. The molecule has 1 atom stereocenters. The second kappa shape index (κ2) is 6.73. The van der Waals surface area contributed by atoms with E-state index in [4.69, 9.17) is 4.74 Å². The van der Waals surface area contributed by atoms with Gasteiger partial charge >= 0.3 is 0 Å². The van der Waals surface area contributed by atoms with Crippen molar-refractivity contribution in [3.05, 3.63) is 35.4 Å². The van der Waals surface area contributed by atoms with Crippen molar-refractivity contribution >= 4 is 0 Å². The van der Waals surface area contributed by atoms with E-state index < -0.39 is 0 Å². The van der Waals surface area contributed by atoms with Gasteiger partial charge in [-0.2, -0.15) is 0 Å². The van der Waals surface area contributed by atoms with E-state index in [0.29, 0.717) is 6.04 Å². The highest BCUT2D eigenvalue weighted by Gasteiger charge is 2.28. The van der Waals surface area contributed by atoms with Crippen molar-refractivity contribution in [1.82, 2.24) is 5.32 Å². The van der Waals surface area contributed by atoms with Crippen molar-refractivity contribution in [1.29, 1.82) is 0 Å². The minimum atomic E-state index is 0.0248. The van der Waals surface area contributed by atoms with Crippen LogP contribution in [-0.2, 0) is 17.7 Å². The molecule has 0 aromatic heterocycles. The summed E-state index contributed by atoms with van der Waals surface area (Å²) in [6.45, 7) is 10.7. The summed E-state index contributed by atoms with van der Waals surface area (Å²) in [5.74, 6) is 0.725. The maximum absolute atomic E-state index is 5.76. The molecule has 1 aromatic carbocycles. The Morgan fingerprint density at radius 2 is 1.85 bits per heavy atom. The van der Waals surface area contributed by atoms with Gasteiger partial charge < -0.3 is 10.1 Å². The van der Waals surface area contributed by atoms with Crippen LogP contribution in [0.5, 0.6) is 0 Å². The Hall–Kier alpha value is -0.860. The van der Waals surface area contributed by atoms with Gasteiger partial charge in [-0.15, -0.1) is 0 Å². The van der Waals surface area contributed by atoms with Gasteiger partial charge in [0.1, 0.15) is 0 Å². The van der Waals surface area contributed by atoms with Crippen LogP contribution in [0, 0.1) is 5.92 Å². The van der Waals surface area contributed by atoms with Crippen LogP contribution in [0.2, 0.25) is 0 Å². The summed E-state index contributed by atoms with van der Waals surface area (Å²) in [5, 5.41) is 3.67. The maximum atomic E-state index is 5.76. The number of hydrogen-bond donors (Lipinski definition) is 1. The predicted molar refractivity (Wildman–Crippen MR) is 84.9 cm³/mol. The molecule has 1 heterocycles. The van der Waals surface area contributed by atoms with Crippen LogP contribution < -0.4 is 5.32 Å². The molecular formula is C18H29NO. The van der Waals surface area contributed by atoms with E-state index >= 15 is 0 Å². The smallest absolute Gasteiger partial charge is 0.0641 e. The van der Waals surface area contributed by atoms with Crippen molar-refractivity contribution in [2.75, 3.05) is 6.61 Å². The highest BCUT2D eigenvalue weighted by molar-refractivity contribution is 5.22. The lowest BCUT2D eigenvalue weighted by Gasteiger charge is -2.36. The quantitative estimate of drug-likeness (QED) is 0.879. The molecule has 2 rings (SSSR count). The molecule has 0 spiro atoms. The molecule has 0 amide bonds. The molecule has 112 valence electrons. The first-order valence-electron chi connectivity index (χ1n) is 7.90. The maximum Gasteiger partial charge on any atom is 0.0641 e. The van der Waals surface area contributed by atoms with Crippen LogP contribution >= 0.6 is 0 Å². The fraction of sp³-hybridized carbons (Fsp3) is 0.667. The van der Waals surface area contributed by atoms with Gasteiger partial charge in [0.25, 0.3) is 0 Å². The molecule has 2 nitrogen and oxygen atoms in total. The molecule has 0 radical (unpaired) electrons. The Kier molecular flexibility index (Phi) is 5.22. The van der Waals surface area contributed by atoms with E-state index in [0.717, 1.165) is 31.9 Å². The van der Waals surface area contributed by atoms with E-state index in [1.807, 2.05) is 0 Å². The third kappa shape index (κ3) is 4.92. The van der Waals surface area contributed by atoms with Crippen LogP contribution in [0.3, 0.4) is 0 Å². The molecule has 1 aliphatic heterocycles. The number of nitrogens with one attached hydrogen (secondary N) is 1. The zero-order valence-corrected chi connectivity index (χ0v) is 13.4. The lowest BCUT2D eigenvalue weighted by Crippen LogP contribution is -2.43. The number of ether oxygens (including phenoxy) is 1. The van der Waals surface area contributed by atoms with E-state index in [2.05, 4.69) is 57.3 Å². The van der Waals surface area contributed by atoms with Crippen molar-refractivity contribution < 1.29 is 4.74 Å². The average molecular weight is 275 g/mol. The Morgan fingerprint density at radius 3 is 2.45 bits per heavy atom. The van der Waals surface area contributed by atoms with Crippen LogP contribution in [-0.4, -0.2) is 18.2 Å². The molecule has 0 saturated carbocycles. The van der Waals surface area contributed by atoms with Crippen molar-refractivity contribution in [3.8, 4) is 0 Å². The molecule has 1 aromatic rings. The zero-order valence-electron chi connectivity index (χ0n) is 13.4. The molecule has 1 aliphatic rings. The van der Waals surface area contributed by atoms with Gasteiger partial charge in [0.2, 0.25) is 0 Å². The molecule has 0 aliphatic carbocycles. The summed E-state index contributed by atoms with van der Waals surface area (Å²) < 4.78 is 5.76. The van der Waals surface area contributed by atoms with Crippen LogP contribution in [0.4, 0.5) is 0 Å². The molecule has 20 heavy (non-hydrogen) atoms. The van der Waals surface area contributed by atoms with Gasteiger partial charge in [-0.25, -0.2) is 0 Å². The average Bonchev–Trinajstić information content (AvgIpc) is 2.36. The van der Waals surface area contributed by atoms with Crippen LogP contribution in [0.25, 0.3) is 0 Å². The van der Waals surface area contributed by atoms with Crippen LogP contribution in [0.15, 0.2) is 24.3 Å². The van der Waals surface area contributed by atoms with E-state index in [-0.39, 0.29) is 5.60 Å². The standard InChI is InChI=1S/C18H29NO/c1-14(2)11-15-5-7-16(8-6-15)13-19-17-9-10-20-18(3,4)12-17/h5-8,14,17,19H,9-13H2,1-4H3. The Bertz CT molecular complexity index is 408. The van der Waals surface area contributed by atoms with Gasteiger partial charge in [0, 0.05) is 19.2 Å². The molecule has 0 bridgehead atoms. The third-order valence-electron chi connectivity index (χ3n) is 3.96. The Labute approximate surface area is 123 Å². The van der Waals surface area contributed by atoms with E-state index in [1.165, 1.54) is 17.5 Å². The molecule has 1 fully saturated rings. The second-order valence-corrected chi connectivity index (χ2v) is 7.09. The topological polar surface area (TPSA) is 21.3 Å². The van der Waals surface area contributed by atoms with Crippen molar-refractivity contribution in [2.45, 2.75) is 65.1 Å². The van der Waals surface area contributed by atoms with Crippen molar-refractivity contribution in [3.63, 3.8) is 0 Å². The minimum Gasteiger partial charge on any atom is -0.375 e. The SMILES string of the molecule is CC(C)Cc1ccc(CNC2CCOC(C)(C)C2)cc1. The summed E-state index contributed by atoms with van der Waals surface area (Å²) in [6.07, 6.45) is 3.38. The largest absolute Gasteiger partial charge is 0.375 e. The molecule has 2 heteroatoms. The first-order valence-corrected chi connectivity index (χ1v) is 7.90. The summed E-state index contributed by atoms with van der Waals surface area (Å²) in [5.41, 5.74) is 2.84. The highest BCUT2D eigenvalue weighted by atomic mass is 16.5. The normalized spacial score (nSPS) is 22.1. The number of rotatable bonds is 5. The van der Waals surface area contributed by atoms with Crippen LogP contribution in [0.1, 0.15) is 51.7 Å². The first kappa shape index (κ1) is 15.5. The Morgan fingerprint density at radius 1 is 1.20 bits per heavy atom. The zero-order chi connectivity index (χ0) is 14.6. The van der Waals surface area contributed by atoms with Crippen molar-refractivity contribution in [2.24, 2.45) is 5.92 Å². The predicted octanol–water partition coefficient (Wildman–Crippen LogP) is 3.93. The summed E-state index contributed by atoms with van der Waals surface area (Å²) in [4.78, 5) is 0. The van der Waals surface area contributed by atoms with Gasteiger partial charge in [-0.3, -0.25) is 0 Å².